The van der Waals surface area contributed by atoms with Gasteiger partial charge in [-0.15, -0.1) is 0 Å². The molecule has 0 aromatic heterocycles. The molecule has 2 heteroatoms. The van der Waals surface area contributed by atoms with Crippen molar-refractivity contribution in [1.82, 2.24) is 4.90 Å². The summed E-state index contributed by atoms with van der Waals surface area (Å²) in [5.41, 5.74) is 6.45. The largest absolute Gasteiger partial charge is 0.328 e. The molecule has 2 N–H and O–H groups in total. The number of nitrogens with two attached hydrogens (primary N) is 1. The fraction of sp³-hybridized carbons (Fsp3) is 1.00. The van der Waals surface area contributed by atoms with Gasteiger partial charge in [0, 0.05) is 12.6 Å². The number of piperidine rings is 1. The highest BCUT2D eigenvalue weighted by molar-refractivity contribution is 4.87. The smallest absolute Gasteiger partial charge is 0.00450 e. The molecular weight excluding hydrogens is 184 g/mol. The van der Waals surface area contributed by atoms with Crippen molar-refractivity contribution in [3.63, 3.8) is 0 Å². The first-order valence-corrected chi connectivity index (χ1v) is 6.59. The molecule has 1 aliphatic carbocycles. The minimum absolute atomic E-state index is 0.515. The molecule has 0 spiro atoms. The average Bonchev–Trinajstić information content (AvgIpc) is 2.19. The van der Waals surface area contributed by atoms with E-state index < -0.39 is 0 Å². The second kappa shape index (κ2) is 4.42. The van der Waals surface area contributed by atoms with Crippen LogP contribution in [0.2, 0.25) is 0 Å². The summed E-state index contributed by atoms with van der Waals surface area (Å²) in [5, 5.41) is 0. The van der Waals surface area contributed by atoms with Gasteiger partial charge >= 0.3 is 0 Å². The van der Waals surface area contributed by atoms with E-state index in [1.807, 2.05) is 0 Å². The molecule has 1 heterocycles. The lowest BCUT2D eigenvalue weighted by molar-refractivity contribution is 0.0815. The van der Waals surface area contributed by atoms with Crippen molar-refractivity contribution in [2.75, 3.05) is 19.6 Å². The Kier molecular flexibility index (Phi) is 3.36. The van der Waals surface area contributed by atoms with Gasteiger partial charge in [-0.3, -0.25) is 0 Å². The molecule has 0 aromatic carbocycles. The first-order chi connectivity index (χ1) is 7.11. The Hall–Kier alpha value is -0.0800. The Morgan fingerprint density at radius 2 is 1.87 bits per heavy atom. The van der Waals surface area contributed by atoms with Crippen molar-refractivity contribution in [3.05, 3.63) is 0 Å². The minimum Gasteiger partial charge on any atom is -0.328 e. The van der Waals surface area contributed by atoms with Crippen molar-refractivity contribution in [1.29, 1.82) is 0 Å². The Morgan fingerprint density at radius 1 is 1.27 bits per heavy atom. The van der Waals surface area contributed by atoms with Gasteiger partial charge in [0.05, 0.1) is 0 Å². The zero-order chi connectivity index (χ0) is 10.9. The van der Waals surface area contributed by atoms with Gasteiger partial charge in [0.2, 0.25) is 0 Å². The highest BCUT2D eigenvalue weighted by atomic mass is 15.1. The highest BCUT2D eigenvalue weighted by Crippen LogP contribution is 2.35. The van der Waals surface area contributed by atoms with Crippen molar-refractivity contribution < 1.29 is 0 Å². The van der Waals surface area contributed by atoms with E-state index in [9.17, 15) is 0 Å². The van der Waals surface area contributed by atoms with E-state index in [1.54, 1.807) is 0 Å². The predicted molar refractivity (Wildman–Crippen MR) is 64.8 cm³/mol. The molecule has 15 heavy (non-hydrogen) atoms. The van der Waals surface area contributed by atoms with Gasteiger partial charge in [0.25, 0.3) is 0 Å². The Morgan fingerprint density at radius 3 is 2.33 bits per heavy atom. The first-order valence-electron chi connectivity index (χ1n) is 6.59. The zero-order valence-electron chi connectivity index (χ0n) is 10.3. The maximum absolute atomic E-state index is 5.82. The van der Waals surface area contributed by atoms with E-state index in [2.05, 4.69) is 18.7 Å². The quantitative estimate of drug-likeness (QED) is 0.774. The number of nitrogens with zero attached hydrogens (tertiary/aromatic N) is 1. The van der Waals surface area contributed by atoms with E-state index in [-0.39, 0.29) is 0 Å². The summed E-state index contributed by atoms with van der Waals surface area (Å²) in [6, 6.07) is 0.515. The molecule has 0 unspecified atom stereocenters. The lowest BCUT2D eigenvalue weighted by Gasteiger charge is -2.42. The number of likely N-dealkylation sites (tertiary alicyclic amines) is 1. The number of rotatable bonds is 3. The standard InChI is InChI=1S/C13H26N2/c1-3-13(2)4-6-15(7-5-13)10-11-8-12(14)9-11/h11-12H,3-10,14H2,1-2H3. The molecule has 0 atom stereocenters. The molecule has 2 rings (SSSR count). The Bertz CT molecular complexity index is 201. The molecule has 2 fully saturated rings. The van der Waals surface area contributed by atoms with Crippen LogP contribution >= 0.6 is 0 Å². The van der Waals surface area contributed by atoms with Crippen LogP contribution in [0.25, 0.3) is 0 Å². The van der Waals surface area contributed by atoms with Crippen LogP contribution in [0.15, 0.2) is 0 Å². The minimum atomic E-state index is 0.515. The summed E-state index contributed by atoms with van der Waals surface area (Å²) < 4.78 is 0. The molecule has 2 nitrogen and oxygen atoms in total. The van der Waals surface area contributed by atoms with Crippen molar-refractivity contribution in [2.24, 2.45) is 17.1 Å². The van der Waals surface area contributed by atoms with Crippen molar-refractivity contribution in [3.8, 4) is 0 Å². The molecule has 1 saturated heterocycles. The van der Waals surface area contributed by atoms with Crippen molar-refractivity contribution in [2.45, 2.75) is 52.0 Å². The van der Waals surface area contributed by atoms with Gasteiger partial charge in [-0.05, 0) is 50.1 Å². The van der Waals surface area contributed by atoms with Crippen LogP contribution in [0, 0.1) is 11.3 Å². The molecule has 0 aromatic rings. The van der Waals surface area contributed by atoms with Crippen LogP contribution < -0.4 is 5.73 Å². The number of hydrogen-bond acceptors (Lipinski definition) is 2. The Balaban J connectivity index is 1.70. The van der Waals surface area contributed by atoms with Gasteiger partial charge in [0.15, 0.2) is 0 Å². The maximum atomic E-state index is 5.82. The van der Waals surface area contributed by atoms with E-state index >= 15 is 0 Å². The van der Waals surface area contributed by atoms with E-state index in [4.69, 9.17) is 5.73 Å². The van der Waals surface area contributed by atoms with E-state index in [0.717, 1.165) is 5.92 Å². The predicted octanol–water partition coefficient (Wildman–Crippen LogP) is 2.24. The third-order valence-corrected chi connectivity index (χ3v) is 4.71. The van der Waals surface area contributed by atoms with Gasteiger partial charge < -0.3 is 10.6 Å². The monoisotopic (exact) mass is 210 g/mol. The highest BCUT2D eigenvalue weighted by Gasteiger charge is 2.32. The third kappa shape index (κ3) is 2.73. The fourth-order valence-corrected chi connectivity index (χ4v) is 2.93. The zero-order valence-corrected chi connectivity index (χ0v) is 10.3. The van der Waals surface area contributed by atoms with Gasteiger partial charge in [-0.1, -0.05) is 20.3 Å². The lowest BCUT2D eigenvalue weighted by atomic mass is 9.76. The summed E-state index contributed by atoms with van der Waals surface area (Å²) >= 11 is 0. The molecule has 0 radical (unpaired) electrons. The van der Waals surface area contributed by atoms with E-state index in [1.165, 1.54) is 51.7 Å². The second-order valence-corrected chi connectivity index (χ2v) is 6.06. The SMILES string of the molecule is CCC1(C)CCN(CC2CC(N)C2)CC1. The molecule has 0 amide bonds. The van der Waals surface area contributed by atoms with Crippen LogP contribution in [0.1, 0.15) is 46.0 Å². The molecule has 1 aliphatic heterocycles. The molecule has 1 saturated carbocycles. The number of hydrogen-bond donors (Lipinski definition) is 1. The first kappa shape index (κ1) is 11.4. The van der Waals surface area contributed by atoms with Crippen LogP contribution in [0.3, 0.4) is 0 Å². The average molecular weight is 210 g/mol. The maximum Gasteiger partial charge on any atom is 0.00450 e. The molecule has 88 valence electrons. The third-order valence-electron chi connectivity index (χ3n) is 4.71. The summed E-state index contributed by atoms with van der Waals surface area (Å²) in [4.78, 5) is 2.66. The van der Waals surface area contributed by atoms with Crippen LogP contribution in [-0.4, -0.2) is 30.6 Å². The van der Waals surface area contributed by atoms with Crippen LogP contribution in [-0.2, 0) is 0 Å². The molecular formula is C13H26N2. The van der Waals surface area contributed by atoms with Gasteiger partial charge in [-0.2, -0.15) is 0 Å². The van der Waals surface area contributed by atoms with Crippen molar-refractivity contribution >= 4 is 0 Å². The van der Waals surface area contributed by atoms with Crippen LogP contribution in [0.5, 0.6) is 0 Å². The summed E-state index contributed by atoms with van der Waals surface area (Å²) in [7, 11) is 0. The molecule has 0 bridgehead atoms. The van der Waals surface area contributed by atoms with Crippen LogP contribution in [0.4, 0.5) is 0 Å². The normalized spacial score (nSPS) is 36.2. The summed E-state index contributed by atoms with van der Waals surface area (Å²) in [5.74, 6) is 0.908. The van der Waals surface area contributed by atoms with Gasteiger partial charge in [-0.25, -0.2) is 0 Å². The van der Waals surface area contributed by atoms with E-state index in [0.29, 0.717) is 11.5 Å². The summed E-state index contributed by atoms with van der Waals surface area (Å²) in [6.07, 6.45) is 6.66. The molecule has 2 aliphatic rings. The lowest BCUT2D eigenvalue weighted by Crippen LogP contribution is -2.46. The fourth-order valence-electron chi connectivity index (χ4n) is 2.93. The Labute approximate surface area is 94.2 Å². The van der Waals surface area contributed by atoms with Gasteiger partial charge in [0.1, 0.15) is 0 Å². The topological polar surface area (TPSA) is 29.3 Å². The summed E-state index contributed by atoms with van der Waals surface area (Å²) in [6.45, 7) is 8.73. The second-order valence-electron chi connectivity index (χ2n) is 6.06.